The van der Waals surface area contributed by atoms with E-state index in [0.717, 1.165) is 323 Å². The van der Waals surface area contributed by atoms with Crippen LogP contribution in [-0.4, -0.2) is 119 Å². The maximum absolute atomic E-state index is 12.8. The zero-order valence-electron chi connectivity index (χ0n) is 85.2. The van der Waals surface area contributed by atoms with Crippen molar-refractivity contribution in [1.29, 1.82) is 0 Å². The molecule has 6 saturated carbocycles. The van der Waals surface area contributed by atoms with Gasteiger partial charge in [-0.3, -0.25) is 14.4 Å². The second-order valence-electron chi connectivity index (χ2n) is 41.8. The van der Waals surface area contributed by atoms with Crippen LogP contribution in [-0.2, 0) is 16.6 Å². The Morgan fingerprint density at radius 3 is 1.08 bits per heavy atom. The lowest BCUT2D eigenvalue weighted by Gasteiger charge is -2.27. The third-order valence-electron chi connectivity index (χ3n) is 30.9. The van der Waals surface area contributed by atoms with Gasteiger partial charge in [0.2, 0.25) is 11.5 Å². The summed E-state index contributed by atoms with van der Waals surface area (Å²) in [7, 11) is 1.86. The Morgan fingerprint density at radius 2 is 0.680 bits per heavy atom. The molecule has 1 amide bonds. The Kier molecular flexibility index (Phi) is 22.0. The van der Waals surface area contributed by atoms with Crippen LogP contribution in [0, 0.1) is 104 Å². The Balaban J connectivity index is 0.0000000957. The molecule has 29 heteroatoms. The zero-order chi connectivity index (χ0) is 101. The number of Topliss-reactive ketones (excluding diaryl/α,β-unsaturated/α-hetero) is 1. The fraction of sp³-hybridized carbons (Fsp3) is 0.314. The number of ketones is 1. The van der Waals surface area contributed by atoms with Crippen LogP contribution in [0.3, 0.4) is 0 Å². The first-order valence-electron chi connectivity index (χ1n) is 51.2. The van der Waals surface area contributed by atoms with Crippen molar-refractivity contribution in [3.05, 3.63) is 276 Å². The molecule has 7 aliphatic carbocycles. The summed E-state index contributed by atoms with van der Waals surface area (Å²) in [6.45, 7) is 29.5. The Morgan fingerprint density at radius 1 is 0.313 bits per heavy atom. The number of aryl methyl sites for hydroxylation is 15. The molecule has 0 saturated heterocycles. The van der Waals surface area contributed by atoms with Crippen molar-refractivity contribution in [2.75, 3.05) is 11.9 Å². The minimum atomic E-state index is -0.106. The summed E-state index contributed by atoms with van der Waals surface area (Å²) in [5.74, 6) is 14.1. The van der Waals surface area contributed by atoms with E-state index in [4.69, 9.17) is 47.5 Å². The van der Waals surface area contributed by atoms with Gasteiger partial charge in [-0.15, -0.1) is 0 Å². The van der Waals surface area contributed by atoms with Gasteiger partial charge in [0.25, 0.3) is 0 Å². The average molecular weight is 1950 g/mol. The number of carbonyl (C=O) groups excluding carboxylic acids is 2. The number of benzene rings is 8. The number of imidazole rings is 5. The van der Waals surface area contributed by atoms with Crippen LogP contribution in [0.25, 0.3) is 177 Å². The molecule has 6 N–H and O–H groups in total. The number of hydrogen-bond acceptors (Lipinski definition) is 22. The summed E-state index contributed by atoms with van der Waals surface area (Å²) in [4.78, 5) is 102. The largest absolute Gasteiger partial charge is 0.361 e. The summed E-state index contributed by atoms with van der Waals surface area (Å²) >= 11 is 0. The highest BCUT2D eigenvalue weighted by Gasteiger charge is 2.52. The van der Waals surface area contributed by atoms with Crippen molar-refractivity contribution in [3.8, 4) is 111 Å². The fourth-order valence-electron chi connectivity index (χ4n) is 22.6. The first kappa shape index (κ1) is 91.8. The molecular formula is C118H111N21O8. The van der Waals surface area contributed by atoms with Gasteiger partial charge < -0.3 is 57.4 Å². The molecule has 13 aromatic heterocycles. The summed E-state index contributed by atoms with van der Waals surface area (Å²) < 4.78 is 27.2. The Hall–Kier alpha value is -16.3. The molecule has 0 radical (unpaired) electrons. The lowest BCUT2D eigenvalue weighted by molar-refractivity contribution is -0.118. The van der Waals surface area contributed by atoms with E-state index in [9.17, 15) is 14.4 Å². The molecule has 6 fully saturated rings. The number of aromatic amines is 6. The summed E-state index contributed by atoms with van der Waals surface area (Å²) in [5, 5.41) is 21.7. The van der Waals surface area contributed by atoms with Gasteiger partial charge >= 0.3 is 0 Å². The van der Waals surface area contributed by atoms with E-state index in [-0.39, 0.29) is 22.7 Å². The molecule has 14 heterocycles. The van der Waals surface area contributed by atoms with Crippen LogP contribution in [0.4, 0.5) is 5.69 Å². The molecule has 8 aromatic carbocycles. The van der Waals surface area contributed by atoms with E-state index >= 15 is 0 Å². The predicted molar refractivity (Wildman–Crippen MR) is 567 cm³/mol. The predicted octanol–water partition coefficient (Wildman–Crippen LogP) is 26.4. The van der Waals surface area contributed by atoms with Gasteiger partial charge in [0, 0.05) is 173 Å². The molecule has 1 spiro atoms. The van der Waals surface area contributed by atoms with Gasteiger partial charge in [0.05, 0.1) is 83.6 Å². The van der Waals surface area contributed by atoms with Crippen molar-refractivity contribution in [2.45, 2.75) is 235 Å². The summed E-state index contributed by atoms with van der Waals surface area (Å²) in [6, 6.07) is 43.8. The zero-order valence-corrected chi connectivity index (χ0v) is 85.2. The van der Waals surface area contributed by atoms with Crippen LogP contribution in [0.1, 0.15) is 256 Å². The highest BCUT2D eigenvalue weighted by molar-refractivity contribution is 6.08. The lowest BCUT2D eigenvalue weighted by Crippen LogP contribution is -2.31. The normalized spacial score (nSPS) is 15.6. The number of amides is 1. The SMILES string of the molecule is Cc1nc(C)c(-c2cc(-c3c(C)noc3C)cc3[nH]c(C4CC4)nc23)c(C)n1.Cc1ncc(-c2cc(-c3c(C)noc3C)cc3[nH]c(C4CC4)nc23)c(C)n1.Cc1noc(C)c1-c1cc(-c2ccc3c(c2)C(=O)CC32CC2)c2nc(C3CC3)[nH]c2c1.Cc1noc(C)c1-c1cc(-c2cccc3[nH]c(=O)ccc23)c2nc(C3CC3)[nH]c2c1.Cc1noc(C)c1-c1cc(-c2cccc3c2CCC(=O)N3C)c2nc(C3CC3)[nH]c2c1. The Bertz CT molecular complexity index is 8980. The van der Waals surface area contributed by atoms with E-state index in [0.29, 0.717) is 42.4 Å². The van der Waals surface area contributed by atoms with E-state index in [1.54, 1.807) is 11.0 Å². The molecule has 21 aromatic rings. The number of pyridine rings is 1. The third kappa shape index (κ3) is 16.7. The van der Waals surface area contributed by atoms with E-state index in [1.807, 2.05) is 147 Å². The smallest absolute Gasteiger partial charge is 0.248 e. The van der Waals surface area contributed by atoms with Crippen molar-refractivity contribution >= 4 is 83.4 Å². The molecule has 29 nitrogen and oxygen atoms in total. The van der Waals surface area contributed by atoms with E-state index in [2.05, 4.69) is 167 Å². The molecule has 0 bridgehead atoms. The van der Waals surface area contributed by atoms with Crippen molar-refractivity contribution < 1.29 is 32.2 Å². The molecule has 8 aliphatic rings. The van der Waals surface area contributed by atoms with E-state index in [1.165, 1.54) is 75.3 Å². The number of fused-ring (bicyclic) bond motifs is 9. The van der Waals surface area contributed by atoms with Crippen LogP contribution >= 0.6 is 0 Å². The first-order chi connectivity index (χ1) is 71.0. The minimum absolute atomic E-state index is 0.106. The van der Waals surface area contributed by atoms with Gasteiger partial charge in [-0.25, -0.2) is 44.9 Å². The van der Waals surface area contributed by atoms with Gasteiger partial charge in [0.15, 0.2) is 5.78 Å². The first-order valence-corrected chi connectivity index (χ1v) is 51.2. The fourth-order valence-corrected chi connectivity index (χ4v) is 22.6. The second kappa shape index (κ2) is 35.3. The standard InChI is InChI=1S/C26H23N3O2.C25H24N4O2.C24H20N4O2.C22H23N5O.C21H21N5O/c1-13-23(14(2)31-29-13)17-10-18(24-21(11-17)27-25(28-24)15-3-4-15)16-5-6-20-19(9-16)22(30)12-26(20)7-8-26;1-13-23(14(2)31-28-13)16-11-19(24-20(12-16)26-25(27-24)15-7-8-15)17-5-4-6-21-18(17)9-10-22(30)29(21)3;1-12-22(13(2)30-28-12)15-10-18(23-20(11-15)26-24(27-23)14-6-7-14)16-4-3-5-19-17(16)8-9-21(29)25-19;1-10-19(11(2)24-14(5)23-10)17-8-16(20-12(3)27-28-13(20)4)9-18-21(17)26-22(25-18)15-6-7-15;1-10-17(9-22-13(4)23-10)16-7-15(19-11(2)26-27-12(19)3)8-18-20(16)25-21(24-18)14-5-6-14/h5-6,9-11,15H,3-4,7-8,12H2,1-2H3,(H,27,28);4-6,11-12,15H,7-10H2,1-3H3,(H,26,27);3-5,8-11,14H,6-7H2,1-2H3,(H,25,29)(H,26,27);8-9,15H,6-7H2,1-5H3,(H,25,26);7-9,14H,5-6H2,1-4H3,(H,24,25). The second-order valence-corrected chi connectivity index (χ2v) is 41.8. The van der Waals surface area contributed by atoms with Crippen molar-refractivity contribution in [3.63, 3.8) is 0 Å². The highest BCUT2D eigenvalue weighted by Crippen LogP contribution is 2.58. The molecule has 0 unspecified atom stereocenters. The van der Waals surface area contributed by atoms with Crippen LogP contribution in [0.2, 0.25) is 0 Å². The number of rotatable bonds is 15. The molecule has 147 heavy (non-hydrogen) atoms. The van der Waals surface area contributed by atoms with Crippen LogP contribution < -0.4 is 10.5 Å². The Labute approximate surface area is 845 Å². The molecular weight excluding hydrogens is 1840 g/mol. The topological polar surface area (TPSA) is 395 Å². The number of nitrogens with one attached hydrogen (secondary N) is 6. The number of hydrogen-bond donors (Lipinski definition) is 6. The number of carbonyl (C=O) groups is 2. The monoisotopic (exact) mass is 1950 g/mol. The van der Waals surface area contributed by atoms with Gasteiger partial charge in [-0.05, 0) is 328 Å². The minimum Gasteiger partial charge on any atom is -0.361 e. The lowest BCUT2D eigenvalue weighted by atomic mass is 9.89. The van der Waals surface area contributed by atoms with Gasteiger partial charge in [-0.2, -0.15) is 0 Å². The highest BCUT2D eigenvalue weighted by atomic mass is 16.5. The molecule has 736 valence electrons. The van der Waals surface area contributed by atoms with Crippen LogP contribution in [0.15, 0.2) is 161 Å². The number of aromatic nitrogens is 20. The van der Waals surface area contributed by atoms with E-state index < -0.39 is 0 Å². The molecule has 29 rings (SSSR count). The number of nitrogens with zero attached hydrogens (tertiary/aromatic N) is 15. The van der Waals surface area contributed by atoms with Gasteiger partial charge in [0.1, 0.15) is 69.6 Å². The molecule has 0 atom stereocenters. The maximum atomic E-state index is 12.8. The van der Waals surface area contributed by atoms with Crippen LogP contribution in [0.5, 0.6) is 0 Å². The quantitative estimate of drug-likeness (QED) is 0.0555. The van der Waals surface area contributed by atoms with Crippen molar-refractivity contribution in [2.24, 2.45) is 0 Å². The summed E-state index contributed by atoms with van der Waals surface area (Å²) in [5.41, 5.74) is 43.5. The summed E-state index contributed by atoms with van der Waals surface area (Å²) in [6.07, 6.45) is 18.1. The van der Waals surface area contributed by atoms with Crippen molar-refractivity contribution in [1.82, 2.24) is 101 Å². The molecule has 1 aliphatic heterocycles. The van der Waals surface area contributed by atoms with Gasteiger partial charge in [-0.1, -0.05) is 62.2 Å². The average Bonchev–Trinajstić information content (AvgIpc) is 1.56. The third-order valence-corrected chi connectivity index (χ3v) is 30.9. The maximum Gasteiger partial charge on any atom is 0.248 e. The number of H-pyrrole nitrogens is 6. The number of anilines is 1.